The topological polar surface area (TPSA) is 43.8 Å². The third-order valence-electron chi connectivity index (χ3n) is 2.79. The largest absolute Gasteiger partial charge is 0.369 e. The number of aromatic nitrogens is 2. The number of nitrogen functional groups attached to an aromatic ring is 1. The number of nitrogens with zero attached hydrogens (tertiary/aromatic N) is 2. The minimum Gasteiger partial charge on any atom is -0.369 e. The molecule has 0 radical (unpaired) electrons. The number of hydrogen-bond donors (Lipinski definition) is 1. The fourth-order valence-electron chi connectivity index (χ4n) is 1.98. The van der Waals surface area contributed by atoms with Crippen LogP contribution in [0, 0.1) is 9.39 Å². The molecule has 2 N–H and O–H groups in total. The standard InChI is InChI=1S/C13H8BrFIN3/c14-7-1-3-10-12(5-7)19(13(17)18-10)11-4-2-8(15)6-9(11)16/h1-6H,(H2,17,18). The Bertz CT molecular complexity index is 785. The first-order chi connectivity index (χ1) is 9.06. The van der Waals surface area contributed by atoms with Crippen molar-refractivity contribution in [1.29, 1.82) is 0 Å². The highest BCUT2D eigenvalue weighted by Crippen LogP contribution is 2.28. The van der Waals surface area contributed by atoms with Crippen molar-refractivity contribution in [1.82, 2.24) is 9.55 Å². The number of anilines is 1. The van der Waals surface area contributed by atoms with E-state index in [1.807, 2.05) is 22.8 Å². The smallest absolute Gasteiger partial charge is 0.205 e. The van der Waals surface area contributed by atoms with Gasteiger partial charge in [-0.3, -0.25) is 4.57 Å². The summed E-state index contributed by atoms with van der Waals surface area (Å²) < 4.78 is 16.7. The summed E-state index contributed by atoms with van der Waals surface area (Å²) in [5.41, 5.74) is 8.49. The maximum Gasteiger partial charge on any atom is 0.205 e. The molecule has 0 aliphatic heterocycles. The summed E-state index contributed by atoms with van der Waals surface area (Å²) in [4.78, 5) is 4.32. The van der Waals surface area contributed by atoms with Gasteiger partial charge >= 0.3 is 0 Å². The first kappa shape index (κ1) is 12.9. The van der Waals surface area contributed by atoms with Crippen LogP contribution in [0.5, 0.6) is 0 Å². The molecule has 0 bridgehead atoms. The zero-order valence-electron chi connectivity index (χ0n) is 9.57. The van der Waals surface area contributed by atoms with Gasteiger partial charge in [0.15, 0.2) is 0 Å². The minimum absolute atomic E-state index is 0.266. The van der Waals surface area contributed by atoms with Gasteiger partial charge in [-0.25, -0.2) is 9.37 Å². The van der Waals surface area contributed by atoms with Gasteiger partial charge in [-0.15, -0.1) is 0 Å². The van der Waals surface area contributed by atoms with E-state index in [2.05, 4.69) is 43.5 Å². The van der Waals surface area contributed by atoms with E-state index in [4.69, 9.17) is 5.73 Å². The molecule has 0 spiro atoms. The molecule has 2 aromatic carbocycles. The highest BCUT2D eigenvalue weighted by Gasteiger charge is 2.13. The summed E-state index contributed by atoms with van der Waals surface area (Å²) in [5, 5.41) is 0. The third-order valence-corrected chi connectivity index (χ3v) is 4.15. The quantitative estimate of drug-likeness (QED) is 0.589. The molecule has 0 saturated heterocycles. The SMILES string of the molecule is Nc1nc2ccc(Br)cc2n1-c1ccc(F)cc1I. The monoisotopic (exact) mass is 431 g/mol. The number of imidazole rings is 1. The number of rotatable bonds is 1. The molecule has 1 heterocycles. The first-order valence-corrected chi connectivity index (χ1v) is 7.32. The molecular weight excluding hydrogens is 424 g/mol. The lowest BCUT2D eigenvalue weighted by molar-refractivity contribution is 0.626. The molecule has 19 heavy (non-hydrogen) atoms. The molecule has 3 rings (SSSR count). The lowest BCUT2D eigenvalue weighted by Gasteiger charge is -2.09. The second-order valence-corrected chi connectivity index (χ2v) is 6.11. The van der Waals surface area contributed by atoms with Crippen LogP contribution in [-0.2, 0) is 0 Å². The summed E-state index contributed by atoms with van der Waals surface area (Å²) in [6.45, 7) is 0. The lowest BCUT2D eigenvalue weighted by Crippen LogP contribution is -2.02. The normalized spacial score (nSPS) is 11.1. The molecule has 0 atom stereocenters. The molecule has 0 aliphatic carbocycles. The summed E-state index contributed by atoms with van der Waals surface area (Å²) in [7, 11) is 0. The van der Waals surface area contributed by atoms with Crippen LogP contribution in [0.1, 0.15) is 0 Å². The van der Waals surface area contributed by atoms with Crippen LogP contribution in [0.4, 0.5) is 10.3 Å². The Hall–Kier alpha value is -1.15. The molecule has 0 aliphatic rings. The zero-order chi connectivity index (χ0) is 13.6. The number of hydrogen-bond acceptors (Lipinski definition) is 2. The van der Waals surface area contributed by atoms with Gasteiger partial charge in [-0.05, 0) is 59.0 Å². The van der Waals surface area contributed by atoms with Crippen molar-refractivity contribution in [2.24, 2.45) is 0 Å². The second kappa shape index (κ2) is 4.75. The second-order valence-electron chi connectivity index (χ2n) is 4.03. The van der Waals surface area contributed by atoms with Gasteiger partial charge in [0.05, 0.1) is 16.7 Å². The van der Waals surface area contributed by atoms with Crippen molar-refractivity contribution >= 4 is 55.5 Å². The lowest BCUT2D eigenvalue weighted by atomic mass is 10.2. The van der Waals surface area contributed by atoms with E-state index in [1.54, 1.807) is 6.07 Å². The fraction of sp³-hybridized carbons (Fsp3) is 0. The maximum absolute atomic E-state index is 13.2. The minimum atomic E-state index is -0.266. The van der Waals surface area contributed by atoms with E-state index < -0.39 is 0 Å². The average molecular weight is 432 g/mol. The highest BCUT2D eigenvalue weighted by atomic mass is 127. The van der Waals surface area contributed by atoms with E-state index in [0.717, 1.165) is 24.8 Å². The Morgan fingerprint density at radius 1 is 1.21 bits per heavy atom. The van der Waals surface area contributed by atoms with Crippen molar-refractivity contribution in [2.45, 2.75) is 0 Å². The van der Waals surface area contributed by atoms with Crippen molar-refractivity contribution in [2.75, 3.05) is 5.73 Å². The predicted octanol–water partition coefficient (Wildman–Crippen LogP) is 4.11. The highest BCUT2D eigenvalue weighted by molar-refractivity contribution is 14.1. The summed E-state index contributed by atoms with van der Waals surface area (Å²) in [6, 6.07) is 10.3. The van der Waals surface area contributed by atoms with Crippen LogP contribution >= 0.6 is 38.5 Å². The number of fused-ring (bicyclic) bond motifs is 1. The number of halogens is 3. The van der Waals surface area contributed by atoms with Gasteiger partial charge in [0.1, 0.15) is 5.82 Å². The van der Waals surface area contributed by atoms with E-state index in [9.17, 15) is 4.39 Å². The zero-order valence-corrected chi connectivity index (χ0v) is 13.3. The molecule has 0 fully saturated rings. The Kier molecular flexibility index (Phi) is 3.22. The molecule has 0 unspecified atom stereocenters. The van der Waals surface area contributed by atoms with Crippen LogP contribution in [0.15, 0.2) is 40.9 Å². The van der Waals surface area contributed by atoms with Crippen LogP contribution < -0.4 is 5.73 Å². The van der Waals surface area contributed by atoms with Gasteiger partial charge in [0.2, 0.25) is 5.95 Å². The maximum atomic E-state index is 13.2. The van der Waals surface area contributed by atoms with Crippen LogP contribution in [0.2, 0.25) is 0 Å². The van der Waals surface area contributed by atoms with E-state index in [1.165, 1.54) is 12.1 Å². The molecule has 0 amide bonds. The fourth-order valence-corrected chi connectivity index (χ4v) is 3.05. The number of benzene rings is 2. The Morgan fingerprint density at radius 3 is 2.74 bits per heavy atom. The van der Waals surface area contributed by atoms with Gasteiger partial charge < -0.3 is 5.73 Å². The van der Waals surface area contributed by atoms with E-state index in [0.29, 0.717) is 5.95 Å². The molecule has 0 saturated carbocycles. The molecule has 3 aromatic rings. The van der Waals surface area contributed by atoms with Gasteiger partial charge in [-0.2, -0.15) is 0 Å². The summed E-state index contributed by atoms with van der Waals surface area (Å²) in [6.07, 6.45) is 0. The Balaban J connectivity index is 2.35. The van der Waals surface area contributed by atoms with Crippen molar-refractivity contribution in [3.63, 3.8) is 0 Å². The molecular formula is C13H8BrFIN3. The van der Waals surface area contributed by atoms with Crippen molar-refractivity contribution in [3.05, 3.63) is 50.3 Å². The molecule has 96 valence electrons. The summed E-state index contributed by atoms with van der Waals surface area (Å²) in [5.74, 6) is 0.120. The summed E-state index contributed by atoms with van der Waals surface area (Å²) >= 11 is 5.52. The van der Waals surface area contributed by atoms with Crippen LogP contribution in [0.25, 0.3) is 16.7 Å². The molecule has 1 aromatic heterocycles. The van der Waals surface area contributed by atoms with Crippen LogP contribution in [-0.4, -0.2) is 9.55 Å². The predicted molar refractivity (Wildman–Crippen MR) is 85.9 cm³/mol. The third kappa shape index (κ3) is 2.23. The van der Waals surface area contributed by atoms with E-state index in [-0.39, 0.29) is 5.82 Å². The van der Waals surface area contributed by atoms with Crippen molar-refractivity contribution < 1.29 is 4.39 Å². The molecule has 6 heteroatoms. The van der Waals surface area contributed by atoms with E-state index >= 15 is 0 Å². The average Bonchev–Trinajstić information content (AvgIpc) is 2.65. The van der Waals surface area contributed by atoms with Crippen LogP contribution in [0.3, 0.4) is 0 Å². The van der Waals surface area contributed by atoms with Gasteiger partial charge in [0, 0.05) is 8.04 Å². The molecule has 3 nitrogen and oxygen atoms in total. The van der Waals surface area contributed by atoms with Gasteiger partial charge in [-0.1, -0.05) is 15.9 Å². The first-order valence-electron chi connectivity index (χ1n) is 5.45. The Morgan fingerprint density at radius 2 is 2.00 bits per heavy atom. The van der Waals surface area contributed by atoms with Gasteiger partial charge in [0.25, 0.3) is 0 Å². The number of nitrogens with two attached hydrogens (primary N) is 1. The Labute approximate surface area is 130 Å². The van der Waals surface area contributed by atoms with Crippen molar-refractivity contribution in [3.8, 4) is 5.69 Å².